The number of halogens is 1. The maximum atomic E-state index is 9.17. The summed E-state index contributed by atoms with van der Waals surface area (Å²) in [5.41, 5.74) is 3.13. The van der Waals surface area contributed by atoms with Crippen LogP contribution in [-0.4, -0.2) is 14.9 Å². The Balaban J connectivity index is 2.41. The summed E-state index contributed by atoms with van der Waals surface area (Å²) in [5, 5.41) is 14.4. The van der Waals surface area contributed by atoms with Crippen LogP contribution in [0, 0.1) is 6.92 Å². The van der Waals surface area contributed by atoms with Crippen LogP contribution in [0.4, 0.5) is 0 Å². The van der Waals surface area contributed by atoms with Crippen molar-refractivity contribution < 1.29 is 5.11 Å². The molecule has 0 bridgehead atoms. The van der Waals surface area contributed by atoms with Crippen molar-refractivity contribution in [1.82, 2.24) is 9.78 Å². The largest absolute Gasteiger partial charge is 0.508 e. The molecule has 2 aromatic rings. The van der Waals surface area contributed by atoms with Gasteiger partial charge in [0.25, 0.3) is 0 Å². The molecule has 1 aromatic heterocycles. The Morgan fingerprint density at radius 2 is 2.00 bits per heavy atom. The molecule has 0 unspecified atom stereocenters. The minimum Gasteiger partial charge on any atom is -0.508 e. The van der Waals surface area contributed by atoms with Gasteiger partial charge in [0.15, 0.2) is 0 Å². The molecule has 78 valence electrons. The molecule has 0 radical (unpaired) electrons. The molecule has 4 heteroatoms. The minimum atomic E-state index is 0.267. The second kappa shape index (κ2) is 4.06. The first-order chi connectivity index (χ1) is 7.20. The summed E-state index contributed by atoms with van der Waals surface area (Å²) >= 11 is 3.41. The molecule has 1 aromatic carbocycles. The standard InChI is InChI=1S/C11H11BrN2O/c1-8-9(6-12)7-14(13-8)10-2-4-11(15)5-3-10/h2-5,7,15H,6H2,1H3. The van der Waals surface area contributed by atoms with Crippen LogP contribution >= 0.6 is 15.9 Å². The van der Waals surface area contributed by atoms with Gasteiger partial charge in [0.2, 0.25) is 0 Å². The highest BCUT2D eigenvalue weighted by Gasteiger charge is 2.04. The fraction of sp³-hybridized carbons (Fsp3) is 0.182. The van der Waals surface area contributed by atoms with Crippen molar-refractivity contribution >= 4 is 15.9 Å². The summed E-state index contributed by atoms with van der Waals surface area (Å²) in [4.78, 5) is 0. The van der Waals surface area contributed by atoms with Crippen LogP contribution in [0.2, 0.25) is 0 Å². The molecule has 0 saturated carbocycles. The van der Waals surface area contributed by atoms with Gasteiger partial charge in [-0.25, -0.2) is 4.68 Å². The predicted molar refractivity (Wildman–Crippen MR) is 62.6 cm³/mol. The molecular weight excluding hydrogens is 256 g/mol. The SMILES string of the molecule is Cc1nn(-c2ccc(O)cc2)cc1CBr. The lowest BCUT2D eigenvalue weighted by Gasteiger charge is -2.00. The summed E-state index contributed by atoms with van der Waals surface area (Å²) in [7, 11) is 0. The van der Waals surface area contributed by atoms with E-state index in [4.69, 9.17) is 0 Å². The van der Waals surface area contributed by atoms with E-state index in [0.29, 0.717) is 0 Å². The Kier molecular flexibility index (Phi) is 2.77. The summed E-state index contributed by atoms with van der Waals surface area (Å²) in [6.07, 6.45) is 1.98. The van der Waals surface area contributed by atoms with Gasteiger partial charge in [0, 0.05) is 17.1 Å². The van der Waals surface area contributed by atoms with E-state index in [-0.39, 0.29) is 5.75 Å². The van der Waals surface area contributed by atoms with Crippen molar-refractivity contribution in [1.29, 1.82) is 0 Å². The lowest BCUT2D eigenvalue weighted by Crippen LogP contribution is -1.93. The monoisotopic (exact) mass is 266 g/mol. The average molecular weight is 267 g/mol. The number of hydrogen-bond acceptors (Lipinski definition) is 2. The molecular formula is C11H11BrN2O. The van der Waals surface area contributed by atoms with Crippen LogP contribution < -0.4 is 0 Å². The third-order valence-electron chi connectivity index (χ3n) is 2.26. The van der Waals surface area contributed by atoms with Gasteiger partial charge in [-0.3, -0.25) is 0 Å². The van der Waals surface area contributed by atoms with Gasteiger partial charge >= 0.3 is 0 Å². The van der Waals surface area contributed by atoms with Crippen LogP contribution in [-0.2, 0) is 5.33 Å². The van der Waals surface area contributed by atoms with E-state index >= 15 is 0 Å². The molecule has 0 fully saturated rings. The Morgan fingerprint density at radius 3 is 2.53 bits per heavy atom. The minimum absolute atomic E-state index is 0.267. The summed E-state index contributed by atoms with van der Waals surface area (Å²) in [6.45, 7) is 1.98. The van der Waals surface area contributed by atoms with Gasteiger partial charge in [-0.15, -0.1) is 0 Å². The third kappa shape index (κ3) is 2.04. The first kappa shape index (κ1) is 10.2. The average Bonchev–Trinajstić information content (AvgIpc) is 2.61. The zero-order valence-corrected chi connectivity index (χ0v) is 9.90. The highest BCUT2D eigenvalue weighted by molar-refractivity contribution is 9.08. The number of phenolic OH excluding ortho intramolecular Hbond substituents is 1. The van der Waals surface area contributed by atoms with E-state index in [0.717, 1.165) is 16.7 Å². The maximum Gasteiger partial charge on any atom is 0.115 e. The molecule has 1 heterocycles. The van der Waals surface area contributed by atoms with Crippen LogP contribution in [0.5, 0.6) is 5.75 Å². The van der Waals surface area contributed by atoms with Gasteiger partial charge in [-0.1, -0.05) is 15.9 Å². The number of aryl methyl sites for hydroxylation is 1. The summed E-state index contributed by atoms with van der Waals surface area (Å²) < 4.78 is 1.81. The topological polar surface area (TPSA) is 38.0 Å². The number of phenols is 1. The van der Waals surface area contributed by atoms with Crippen molar-refractivity contribution in [3.8, 4) is 11.4 Å². The van der Waals surface area contributed by atoms with Crippen LogP contribution in [0.15, 0.2) is 30.5 Å². The molecule has 3 nitrogen and oxygen atoms in total. The number of nitrogens with zero attached hydrogens (tertiary/aromatic N) is 2. The van der Waals surface area contributed by atoms with Crippen molar-refractivity contribution in [3.63, 3.8) is 0 Å². The smallest absolute Gasteiger partial charge is 0.115 e. The number of benzene rings is 1. The fourth-order valence-electron chi connectivity index (χ4n) is 1.36. The second-order valence-electron chi connectivity index (χ2n) is 3.33. The van der Waals surface area contributed by atoms with Gasteiger partial charge in [-0.2, -0.15) is 5.10 Å². The van der Waals surface area contributed by atoms with E-state index in [1.807, 2.05) is 29.9 Å². The molecule has 0 aliphatic rings. The van der Waals surface area contributed by atoms with Gasteiger partial charge < -0.3 is 5.11 Å². The van der Waals surface area contributed by atoms with E-state index in [2.05, 4.69) is 21.0 Å². The highest BCUT2D eigenvalue weighted by Crippen LogP contribution is 2.16. The van der Waals surface area contributed by atoms with E-state index < -0.39 is 0 Å². The molecule has 0 spiro atoms. The number of alkyl halides is 1. The van der Waals surface area contributed by atoms with Gasteiger partial charge in [-0.05, 0) is 31.2 Å². The maximum absolute atomic E-state index is 9.17. The van der Waals surface area contributed by atoms with E-state index in [1.165, 1.54) is 5.56 Å². The number of aromatic nitrogens is 2. The fourth-order valence-corrected chi connectivity index (χ4v) is 1.92. The number of aromatic hydroxyl groups is 1. The Hall–Kier alpha value is -1.29. The first-order valence-corrected chi connectivity index (χ1v) is 5.73. The second-order valence-corrected chi connectivity index (χ2v) is 3.90. The van der Waals surface area contributed by atoms with Crippen molar-refractivity contribution in [2.75, 3.05) is 0 Å². The quantitative estimate of drug-likeness (QED) is 0.849. The molecule has 0 amide bonds. The zero-order chi connectivity index (χ0) is 10.8. The normalized spacial score (nSPS) is 10.5. The number of rotatable bonds is 2. The third-order valence-corrected chi connectivity index (χ3v) is 2.86. The molecule has 0 atom stereocenters. The highest BCUT2D eigenvalue weighted by atomic mass is 79.9. The van der Waals surface area contributed by atoms with Crippen LogP contribution in [0.25, 0.3) is 5.69 Å². The van der Waals surface area contributed by atoms with Crippen molar-refractivity contribution in [3.05, 3.63) is 41.7 Å². The Bertz CT molecular complexity index is 462. The lowest BCUT2D eigenvalue weighted by atomic mass is 10.3. The summed E-state index contributed by atoms with van der Waals surface area (Å²) in [6, 6.07) is 6.97. The molecule has 2 rings (SSSR count). The zero-order valence-electron chi connectivity index (χ0n) is 8.31. The molecule has 0 saturated heterocycles. The van der Waals surface area contributed by atoms with Gasteiger partial charge in [0.1, 0.15) is 5.75 Å². The van der Waals surface area contributed by atoms with E-state index in [1.54, 1.807) is 12.1 Å². The molecule has 0 aliphatic heterocycles. The van der Waals surface area contributed by atoms with E-state index in [9.17, 15) is 5.11 Å². The first-order valence-electron chi connectivity index (χ1n) is 4.61. The molecule has 1 N–H and O–H groups in total. The van der Waals surface area contributed by atoms with Crippen molar-refractivity contribution in [2.24, 2.45) is 0 Å². The van der Waals surface area contributed by atoms with Crippen LogP contribution in [0.1, 0.15) is 11.3 Å². The summed E-state index contributed by atoms with van der Waals surface area (Å²) in [5.74, 6) is 0.267. The van der Waals surface area contributed by atoms with Crippen LogP contribution in [0.3, 0.4) is 0 Å². The molecule has 0 aliphatic carbocycles. The number of hydrogen-bond donors (Lipinski definition) is 1. The predicted octanol–water partition coefficient (Wildman–Crippen LogP) is 2.78. The van der Waals surface area contributed by atoms with Crippen molar-refractivity contribution in [2.45, 2.75) is 12.3 Å². The molecule has 15 heavy (non-hydrogen) atoms. The lowest BCUT2D eigenvalue weighted by molar-refractivity contribution is 0.475. The van der Waals surface area contributed by atoms with Gasteiger partial charge in [0.05, 0.1) is 11.4 Å². The Morgan fingerprint density at radius 1 is 1.33 bits per heavy atom. The Labute approximate surface area is 96.5 Å².